The lowest BCUT2D eigenvalue weighted by Gasteiger charge is -2.33. The predicted molar refractivity (Wildman–Crippen MR) is 97.4 cm³/mol. The molecule has 11 heteroatoms. The van der Waals surface area contributed by atoms with Crippen molar-refractivity contribution in [2.45, 2.75) is 4.90 Å². The fraction of sp³-hybridized carbons (Fsp3) is 0.353. The molecule has 0 unspecified atom stereocenters. The van der Waals surface area contributed by atoms with Crippen LogP contribution in [0.5, 0.6) is 0 Å². The fourth-order valence-electron chi connectivity index (χ4n) is 2.79. The van der Waals surface area contributed by atoms with E-state index < -0.39 is 26.6 Å². The molecule has 0 N–H and O–H groups in total. The van der Waals surface area contributed by atoms with Gasteiger partial charge in [0.2, 0.25) is 10.0 Å². The second kappa shape index (κ2) is 7.76. The number of hydrogen-bond acceptors (Lipinski definition) is 6. The number of amides is 1. The molecule has 0 saturated carbocycles. The smallest absolute Gasteiger partial charge is 0.274 e. The lowest BCUT2D eigenvalue weighted by Crippen LogP contribution is -2.50. The Bertz CT molecular complexity index is 975. The SMILES string of the molecule is CN(C)c1ccc(C(=O)N2CCN(S(=O)(=O)c3ccc(F)cc3F)CC2)nn1. The van der Waals surface area contributed by atoms with Gasteiger partial charge in [0.1, 0.15) is 16.5 Å². The van der Waals surface area contributed by atoms with E-state index in [4.69, 9.17) is 0 Å². The van der Waals surface area contributed by atoms with Gasteiger partial charge in [-0.15, -0.1) is 10.2 Å². The maximum absolute atomic E-state index is 13.9. The molecule has 0 atom stereocenters. The van der Waals surface area contributed by atoms with Crippen LogP contribution in [0.1, 0.15) is 10.5 Å². The van der Waals surface area contributed by atoms with Crippen molar-refractivity contribution in [2.75, 3.05) is 45.2 Å². The van der Waals surface area contributed by atoms with Crippen molar-refractivity contribution in [3.05, 3.63) is 47.7 Å². The molecule has 2 heterocycles. The number of sulfonamides is 1. The molecule has 0 radical (unpaired) electrons. The summed E-state index contributed by atoms with van der Waals surface area (Å²) in [5, 5.41) is 7.87. The van der Waals surface area contributed by atoms with Crippen molar-refractivity contribution < 1.29 is 22.0 Å². The van der Waals surface area contributed by atoms with Crippen LogP contribution >= 0.6 is 0 Å². The Morgan fingerprint density at radius 2 is 1.71 bits per heavy atom. The first-order chi connectivity index (χ1) is 13.2. The molecule has 2 aromatic rings. The highest BCUT2D eigenvalue weighted by atomic mass is 32.2. The van der Waals surface area contributed by atoms with Crippen LogP contribution in [0.3, 0.4) is 0 Å². The number of anilines is 1. The predicted octanol–water partition coefficient (Wildman–Crippen LogP) is 0.968. The van der Waals surface area contributed by atoms with Crippen molar-refractivity contribution in [1.29, 1.82) is 0 Å². The van der Waals surface area contributed by atoms with Gasteiger partial charge in [-0.25, -0.2) is 17.2 Å². The molecule has 0 aliphatic carbocycles. The van der Waals surface area contributed by atoms with Crippen LogP contribution in [0.15, 0.2) is 35.2 Å². The summed E-state index contributed by atoms with van der Waals surface area (Å²) in [6.45, 7) is 0.234. The van der Waals surface area contributed by atoms with Crippen LogP contribution in [-0.4, -0.2) is 74.0 Å². The van der Waals surface area contributed by atoms with Gasteiger partial charge < -0.3 is 9.80 Å². The molecule has 28 heavy (non-hydrogen) atoms. The average Bonchev–Trinajstić information content (AvgIpc) is 2.67. The van der Waals surface area contributed by atoms with E-state index in [1.54, 1.807) is 31.1 Å². The number of carbonyl (C=O) groups is 1. The first-order valence-corrected chi connectivity index (χ1v) is 9.89. The zero-order valence-corrected chi connectivity index (χ0v) is 16.2. The summed E-state index contributed by atoms with van der Waals surface area (Å²) in [4.78, 5) is 15.2. The highest BCUT2D eigenvalue weighted by molar-refractivity contribution is 7.89. The van der Waals surface area contributed by atoms with Crippen LogP contribution in [0.4, 0.5) is 14.6 Å². The molecule has 0 spiro atoms. The van der Waals surface area contributed by atoms with Crippen LogP contribution in [0.25, 0.3) is 0 Å². The Balaban J connectivity index is 1.69. The molecule has 1 aromatic carbocycles. The Hall–Kier alpha value is -2.66. The van der Waals surface area contributed by atoms with Crippen molar-refractivity contribution in [3.8, 4) is 0 Å². The largest absolute Gasteiger partial charge is 0.361 e. The molecule has 0 bridgehead atoms. The number of nitrogens with zero attached hydrogens (tertiary/aromatic N) is 5. The first kappa shape index (κ1) is 20.1. The van der Waals surface area contributed by atoms with Gasteiger partial charge in [0.05, 0.1) is 0 Å². The summed E-state index contributed by atoms with van der Waals surface area (Å²) in [6.07, 6.45) is 0. The monoisotopic (exact) mass is 411 g/mol. The quantitative estimate of drug-likeness (QED) is 0.745. The normalized spacial score (nSPS) is 15.5. The van der Waals surface area contributed by atoms with Crippen LogP contribution in [-0.2, 0) is 10.0 Å². The number of benzene rings is 1. The van der Waals surface area contributed by atoms with E-state index in [0.29, 0.717) is 11.9 Å². The third-order valence-corrected chi connectivity index (χ3v) is 6.30. The number of piperazine rings is 1. The van der Waals surface area contributed by atoms with E-state index in [1.165, 1.54) is 4.90 Å². The Labute approximate surface area is 161 Å². The lowest BCUT2D eigenvalue weighted by atomic mass is 10.3. The molecule has 1 aliphatic heterocycles. The summed E-state index contributed by atoms with van der Waals surface area (Å²) in [5.74, 6) is -1.75. The van der Waals surface area contributed by atoms with Crippen molar-refractivity contribution in [1.82, 2.24) is 19.4 Å². The van der Waals surface area contributed by atoms with Gasteiger partial charge in [0.15, 0.2) is 11.5 Å². The van der Waals surface area contributed by atoms with Gasteiger partial charge >= 0.3 is 0 Å². The van der Waals surface area contributed by atoms with E-state index in [0.717, 1.165) is 16.4 Å². The number of rotatable bonds is 4. The van der Waals surface area contributed by atoms with Gasteiger partial charge in [0, 0.05) is 46.3 Å². The number of aromatic nitrogens is 2. The molecular formula is C17H19F2N5O3S. The minimum atomic E-state index is -4.12. The van der Waals surface area contributed by atoms with E-state index in [9.17, 15) is 22.0 Å². The van der Waals surface area contributed by atoms with Gasteiger partial charge in [-0.1, -0.05) is 0 Å². The third-order valence-electron chi connectivity index (χ3n) is 4.37. The molecule has 1 amide bonds. The Morgan fingerprint density at radius 3 is 2.25 bits per heavy atom. The highest BCUT2D eigenvalue weighted by Gasteiger charge is 2.32. The zero-order valence-electron chi connectivity index (χ0n) is 15.3. The summed E-state index contributed by atoms with van der Waals surface area (Å²) < 4.78 is 53.2. The third kappa shape index (κ3) is 3.94. The summed E-state index contributed by atoms with van der Waals surface area (Å²) in [7, 11) is -0.517. The first-order valence-electron chi connectivity index (χ1n) is 8.45. The minimum absolute atomic E-state index is 0.00585. The van der Waals surface area contributed by atoms with E-state index in [1.807, 2.05) is 0 Å². The van der Waals surface area contributed by atoms with Gasteiger partial charge in [0.25, 0.3) is 5.91 Å². The molecule has 3 rings (SSSR count). The Morgan fingerprint density at radius 1 is 1.04 bits per heavy atom. The summed E-state index contributed by atoms with van der Waals surface area (Å²) in [5.41, 5.74) is 0.159. The van der Waals surface area contributed by atoms with Crippen LogP contribution in [0, 0.1) is 11.6 Å². The standard InChI is InChI=1S/C17H19F2N5O3S/c1-22(2)16-6-4-14(20-21-16)17(25)23-7-9-24(10-8-23)28(26,27)15-5-3-12(18)11-13(15)19/h3-6,11H,7-10H2,1-2H3. The van der Waals surface area contributed by atoms with Crippen LogP contribution in [0.2, 0.25) is 0 Å². The van der Waals surface area contributed by atoms with Gasteiger partial charge in [-0.3, -0.25) is 4.79 Å². The molecule has 1 aliphatic rings. The summed E-state index contributed by atoms with van der Waals surface area (Å²) in [6, 6.07) is 5.55. The topological polar surface area (TPSA) is 86.7 Å². The van der Waals surface area contributed by atoms with E-state index in [2.05, 4.69) is 10.2 Å². The van der Waals surface area contributed by atoms with Crippen molar-refractivity contribution >= 4 is 21.7 Å². The van der Waals surface area contributed by atoms with E-state index >= 15 is 0 Å². The van der Waals surface area contributed by atoms with Crippen molar-refractivity contribution in [2.24, 2.45) is 0 Å². The van der Waals surface area contributed by atoms with Gasteiger partial charge in [-0.05, 0) is 24.3 Å². The molecule has 1 fully saturated rings. The maximum atomic E-state index is 13.9. The fourth-order valence-corrected chi connectivity index (χ4v) is 4.26. The lowest BCUT2D eigenvalue weighted by molar-refractivity contribution is 0.0690. The Kier molecular flexibility index (Phi) is 5.57. The molecule has 1 saturated heterocycles. The van der Waals surface area contributed by atoms with Gasteiger partial charge in [-0.2, -0.15) is 4.31 Å². The second-order valence-corrected chi connectivity index (χ2v) is 8.35. The van der Waals surface area contributed by atoms with E-state index in [-0.39, 0.29) is 37.8 Å². The van der Waals surface area contributed by atoms with Crippen LogP contribution < -0.4 is 4.90 Å². The molecule has 8 nitrogen and oxygen atoms in total. The molecule has 1 aromatic heterocycles. The molecular weight excluding hydrogens is 392 g/mol. The highest BCUT2D eigenvalue weighted by Crippen LogP contribution is 2.22. The number of hydrogen-bond donors (Lipinski definition) is 0. The summed E-state index contributed by atoms with van der Waals surface area (Å²) >= 11 is 0. The number of halogens is 2. The minimum Gasteiger partial charge on any atom is -0.361 e. The molecule has 150 valence electrons. The van der Waals surface area contributed by atoms with Crippen molar-refractivity contribution in [3.63, 3.8) is 0 Å². The average molecular weight is 411 g/mol. The maximum Gasteiger partial charge on any atom is 0.274 e. The number of carbonyl (C=O) groups excluding carboxylic acids is 1. The zero-order chi connectivity index (χ0) is 20.5. The second-order valence-electron chi connectivity index (χ2n) is 6.44.